The van der Waals surface area contributed by atoms with Gasteiger partial charge in [0.05, 0.1) is 11.3 Å². The molecule has 2 aliphatic heterocycles. The molecule has 7 nitrogen and oxygen atoms in total. The van der Waals surface area contributed by atoms with Crippen LogP contribution < -0.4 is 5.56 Å². The van der Waals surface area contributed by atoms with Crippen LogP contribution in [0.1, 0.15) is 58.9 Å². The molecule has 0 saturated carbocycles. The Kier molecular flexibility index (Phi) is 5.64. The smallest absolute Gasteiger partial charge is 0.267 e. The fraction of sp³-hybridized carbons (Fsp3) is 0.478. The SMILES string of the molecule is Cc1c(Cc2ccc(F)c(C(=O)N3CC(=O)N4[C@@H](CCC[C@@H]4C)C3)c2)n[nH]c(=O)c1C. The lowest BCUT2D eigenvalue weighted by molar-refractivity contribution is -0.143. The van der Waals surface area contributed by atoms with Crippen molar-refractivity contribution < 1.29 is 14.0 Å². The standard InChI is InChI=1S/C23H27FN4O3/c1-13-5-4-6-17-11-27(12-21(29)28(13)17)23(31)18-9-16(7-8-19(18)24)10-20-14(2)15(3)22(30)26-25-20/h7-9,13,17H,4-6,10-12H2,1-3H3,(H,26,30)/t13-,17-/m0/s1. The number of aromatic nitrogens is 2. The number of halogens is 1. The molecule has 31 heavy (non-hydrogen) atoms. The summed E-state index contributed by atoms with van der Waals surface area (Å²) in [5.74, 6) is -1.15. The third-order valence-electron chi connectivity index (χ3n) is 6.62. The molecule has 4 rings (SSSR count). The number of carbonyl (C=O) groups excluding carboxylic acids is 2. The number of benzene rings is 1. The Labute approximate surface area is 180 Å². The van der Waals surface area contributed by atoms with E-state index in [1.807, 2.05) is 18.7 Å². The number of carbonyl (C=O) groups is 2. The molecule has 0 radical (unpaired) electrons. The summed E-state index contributed by atoms with van der Waals surface area (Å²) in [5, 5.41) is 6.57. The molecule has 2 saturated heterocycles. The first-order chi connectivity index (χ1) is 14.8. The Balaban J connectivity index is 1.57. The maximum Gasteiger partial charge on any atom is 0.267 e. The fourth-order valence-corrected chi connectivity index (χ4v) is 4.69. The number of hydrogen-bond donors (Lipinski definition) is 1. The van der Waals surface area contributed by atoms with Gasteiger partial charge < -0.3 is 9.80 Å². The van der Waals surface area contributed by atoms with E-state index < -0.39 is 11.7 Å². The summed E-state index contributed by atoms with van der Waals surface area (Å²) >= 11 is 0. The van der Waals surface area contributed by atoms with Crippen LogP contribution in [0.25, 0.3) is 0 Å². The zero-order chi connectivity index (χ0) is 22.3. The molecular weight excluding hydrogens is 399 g/mol. The van der Waals surface area contributed by atoms with E-state index >= 15 is 0 Å². The Morgan fingerprint density at radius 3 is 2.77 bits per heavy atom. The first-order valence-corrected chi connectivity index (χ1v) is 10.7. The van der Waals surface area contributed by atoms with E-state index in [2.05, 4.69) is 10.2 Å². The van der Waals surface area contributed by atoms with E-state index in [4.69, 9.17) is 0 Å². The number of fused-ring (bicyclic) bond motifs is 1. The van der Waals surface area contributed by atoms with Crippen molar-refractivity contribution in [3.8, 4) is 0 Å². The number of aromatic amines is 1. The van der Waals surface area contributed by atoms with Gasteiger partial charge in [0.25, 0.3) is 11.5 Å². The van der Waals surface area contributed by atoms with E-state index in [0.29, 0.717) is 29.8 Å². The van der Waals surface area contributed by atoms with Crippen LogP contribution in [-0.2, 0) is 11.2 Å². The number of nitrogens with zero attached hydrogens (tertiary/aromatic N) is 3. The molecule has 1 aromatic heterocycles. The number of H-pyrrole nitrogens is 1. The van der Waals surface area contributed by atoms with Crippen LogP contribution in [0.4, 0.5) is 4.39 Å². The van der Waals surface area contributed by atoms with Crippen molar-refractivity contribution in [2.45, 2.75) is 58.5 Å². The van der Waals surface area contributed by atoms with Crippen molar-refractivity contribution in [1.29, 1.82) is 0 Å². The zero-order valence-electron chi connectivity index (χ0n) is 18.1. The van der Waals surface area contributed by atoms with Gasteiger partial charge in [-0.05, 0) is 63.3 Å². The molecule has 0 aliphatic carbocycles. The lowest BCUT2D eigenvalue weighted by Crippen LogP contribution is -2.61. The molecule has 1 N–H and O–H groups in total. The van der Waals surface area contributed by atoms with Gasteiger partial charge in [-0.1, -0.05) is 6.07 Å². The van der Waals surface area contributed by atoms with E-state index in [-0.39, 0.29) is 35.7 Å². The molecule has 2 amide bonds. The first kappa shape index (κ1) is 21.2. The maximum atomic E-state index is 14.6. The highest BCUT2D eigenvalue weighted by Gasteiger charge is 2.39. The monoisotopic (exact) mass is 426 g/mol. The van der Waals surface area contributed by atoms with Crippen LogP contribution >= 0.6 is 0 Å². The van der Waals surface area contributed by atoms with Crippen LogP contribution in [0, 0.1) is 19.7 Å². The van der Waals surface area contributed by atoms with E-state index in [1.165, 1.54) is 17.0 Å². The van der Waals surface area contributed by atoms with Crippen LogP contribution in [0.2, 0.25) is 0 Å². The minimum atomic E-state index is -0.608. The third kappa shape index (κ3) is 3.98. The van der Waals surface area contributed by atoms with Gasteiger partial charge in [-0.25, -0.2) is 9.49 Å². The predicted molar refractivity (Wildman–Crippen MR) is 113 cm³/mol. The van der Waals surface area contributed by atoms with Gasteiger partial charge in [0.2, 0.25) is 5.91 Å². The second kappa shape index (κ2) is 8.24. The van der Waals surface area contributed by atoms with Gasteiger partial charge in [-0.2, -0.15) is 5.10 Å². The quantitative estimate of drug-likeness (QED) is 0.816. The summed E-state index contributed by atoms with van der Waals surface area (Å²) in [6.07, 6.45) is 3.21. The molecule has 2 atom stereocenters. The van der Waals surface area contributed by atoms with Gasteiger partial charge in [-0.15, -0.1) is 0 Å². The highest BCUT2D eigenvalue weighted by Crippen LogP contribution is 2.28. The number of rotatable bonds is 3. The molecular formula is C23H27FN4O3. The summed E-state index contributed by atoms with van der Waals surface area (Å²) in [7, 11) is 0. The summed E-state index contributed by atoms with van der Waals surface area (Å²) in [6.45, 7) is 5.99. The third-order valence-corrected chi connectivity index (χ3v) is 6.62. The van der Waals surface area contributed by atoms with Crippen molar-refractivity contribution >= 4 is 11.8 Å². The van der Waals surface area contributed by atoms with Crippen LogP contribution in [0.15, 0.2) is 23.0 Å². The van der Waals surface area contributed by atoms with E-state index in [1.54, 1.807) is 13.0 Å². The molecule has 2 aliphatic rings. The minimum absolute atomic E-state index is 0.00355. The molecule has 8 heteroatoms. The Morgan fingerprint density at radius 1 is 1.23 bits per heavy atom. The van der Waals surface area contributed by atoms with Gasteiger partial charge in [0, 0.05) is 30.6 Å². The second-order valence-electron chi connectivity index (χ2n) is 8.66. The normalized spacial score (nSPS) is 21.2. The number of amides is 2. The predicted octanol–water partition coefficient (Wildman–Crippen LogP) is 2.34. The summed E-state index contributed by atoms with van der Waals surface area (Å²) in [4.78, 5) is 40.9. The lowest BCUT2D eigenvalue weighted by atomic mass is 9.93. The van der Waals surface area contributed by atoms with Crippen molar-refractivity contribution in [2.75, 3.05) is 13.1 Å². The molecule has 164 valence electrons. The van der Waals surface area contributed by atoms with Crippen LogP contribution in [0.5, 0.6) is 0 Å². The van der Waals surface area contributed by atoms with Crippen LogP contribution in [0.3, 0.4) is 0 Å². The maximum absolute atomic E-state index is 14.6. The Morgan fingerprint density at radius 2 is 2.00 bits per heavy atom. The number of piperazine rings is 1. The highest BCUT2D eigenvalue weighted by molar-refractivity contribution is 5.97. The molecule has 3 heterocycles. The average Bonchev–Trinajstić information content (AvgIpc) is 2.74. The van der Waals surface area contributed by atoms with Gasteiger partial charge in [-0.3, -0.25) is 14.4 Å². The fourth-order valence-electron chi connectivity index (χ4n) is 4.69. The molecule has 0 bridgehead atoms. The zero-order valence-corrected chi connectivity index (χ0v) is 18.1. The van der Waals surface area contributed by atoms with Crippen molar-refractivity contribution in [3.63, 3.8) is 0 Å². The van der Waals surface area contributed by atoms with Crippen molar-refractivity contribution in [2.24, 2.45) is 0 Å². The summed E-state index contributed by atoms with van der Waals surface area (Å²) in [6, 6.07) is 4.59. The Hall–Kier alpha value is -3.03. The van der Waals surface area contributed by atoms with Crippen LogP contribution in [-0.4, -0.2) is 57.0 Å². The molecule has 1 aromatic carbocycles. The molecule has 2 fully saturated rings. The Bertz CT molecular complexity index is 1100. The number of nitrogens with one attached hydrogen (secondary N) is 1. The summed E-state index contributed by atoms with van der Waals surface area (Å²) < 4.78 is 14.6. The number of piperidine rings is 1. The first-order valence-electron chi connectivity index (χ1n) is 10.7. The number of hydrogen-bond acceptors (Lipinski definition) is 4. The van der Waals surface area contributed by atoms with Gasteiger partial charge in [0.15, 0.2) is 0 Å². The van der Waals surface area contributed by atoms with E-state index in [0.717, 1.165) is 24.8 Å². The average molecular weight is 426 g/mol. The lowest BCUT2D eigenvalue weighted by Gasteiger charge is -2.47. The summed E-state index contributed by atoms with van der Waals surface area (Å²) in [5.41, 5.74) is 2.46. The van der Waals surface area contributed by atoms with Gasteiger partial charge in [0.1, 0.15) is 12.4 Å². The minimum Gasteiger partial charge on any atom is -0.334 e. The largest absolute Gasteiger partial charge is 0.334 e. The molecule has 0 unspecified atom stereocenters. The molecule has 2 aromatic rings. The topological polar surface area (TPSA) is 86.4 Å². The van der Waals surface area contributed by atoms with Crippen molar-refractivity contribution in [1.82, 2.24) is 20.0 Å². The highest BCUT2D eigenvalue weighted by atomic mass is 19.1. The van der Waals surface area contributed by atoms with E-state index in [9.17, 15) is 18.8 Å². The van der Waals surface area contributed by atoms with Gasteiger partial charge >= 0.3 is 0 Å². The molecule has 0 spiro atoms. The van der Waals surface area contributed by atoms with Crippen molar-refractivity contribution in [3.05, 3.63) is 62.3 Å². The second-order valence-corrected chi connectivity index (χ2v) is 8.66.